The van der Waals surface area contributed by atoms with Crippen molar-refractivity contribution in [2.45, 2.75) is 99.3 Å². The van der Waals surface area contributed by atoms with E-state index in [1.165, 1.54) is 44.1 Å². The van der Waals surface area contributed by atoms with Crippen molar-refractivity contribution < 1.29 is 7.24 Å². The Hall–Kier alpha value is -1.63. The molecule has 30 heavy (non-hydrogen) atoms. The van der Waals surface area contributed by atoms with E-state index in [1.807, 2.05) is 6.07 Å². The van der Waals surface area contributed by atoms with Gasteiger partial charge in [0.25, 0.3) is 0 Å². The van der Waals surface area contributed by atoms with Gasteiger partial charge in [0.15, 0.2) is 0 Å². The van der Waals surface area contributed by atoms with Gasteiger partial charge in [-0.2, -0.15) is 0 Å². The maximum absolute atomic E-state index is 14.8. The lowest BCUT2D eigenvalue weighted by Gasteiger charge is -2.27. The maximum atomic E-state index is 14.8. The summed E-state index contributed by atoms with van der Waals surface area (Å²) in [6, 6.07) is 14.8. The van der Waals surface area contributed by atoms with Gasteiger partial charge >= 0.3 is 0 Å². The predicted molar refractivity (Wildman–Crippen MR) is 137 cm³/mol. The van der Waals surface area contributed by atoms with E-state index in [1.54, 1.807) is 6.07 Å². The van der Waals surface area contributed by atoms with Crippen LogP contribution in [0.5, 0.6) is 0 Å². The van der Waals surface area contributed by atoms with Crippen LogP contribution in [0.25, 0.3) is 11.1 Å². The van der Waals surface area contributed by atoms with Gasteiger partial charge in [-0.15, -0.1) is 0 Å². The van der Waals surface area contributed by atoms with Crippen molar-refractivity contribution in [3.05, 3.63) is 59.4 Å². The highest BCUT2D eigenvalue weighted by Gasteiger charge is 2.23. The Morgan fingerprint density at radius 2 is 1.10 bits per heavy atom. The Morgan fingerprint density at radius 3 is 1.60 bits per heavy atom. The first kappa shape index (κ1) is 26.4. The van der Waals surface area contributed by atoms with Gasteiger partial charge in [0.05, 0.1) is 0 Å². The van der Waals surface area contributed by atoms with Crippen molar-refractivity contribution in [1.82, 2.24) is 0 Å². The van der Waals surface area contributed by atoms with Gasteiger partial charge in [-0.1, -0.05) is 98.2 Å². The molecule has 2 aliphatic carbocycles. The molecule has 2 fully saturated rings. The minimum Gasteiger partial charge on any atom is -0.207 e. The molecule has 2 aliphatic rings. The second-order valence-corrected chi connectivity index (χ2v) is 9.27. The fourth-order valence-corrected chi connectivity index (χ4v) is 5.15. The number of hydrogen-bond acceptors (Lipinski definition) is 0. The van der Waals surface area contributed by atoms with E-state index in [0.29, 0.717) is 11.8 Å². The predicted octanol–water partition coefficient (Wildman–Crippen LogP) is 10.5. The molecule has 2 aromatic rings. The number of rotatable bonds is 3. The highest BCUT2D eigenvalue weighted by molar-refractivity contribution is 5.64. The van der Waals surface area contributed by atoms with Gasteiger partial charge < -0.3 is 0 Å². The van der Waals surface area contributed by atoms with Crippen molar-refractivity contribution >= 4 is 0 Å². The van der Waals surface area contributed by atoms with Gasteiger partial charge in [0.1, 0.15) is 5.82 Å². The molecule has 0 saturated heterocycles. The molecular formula is C29H49F. The summed E-state index contributed by atoms with van der Waals surface area (Å²) in [5.74, 6) is 2.79. The molecule has 0 atom stereocenters. The van der Waals surface area contributed by atoms with Crippen LogP contribution >= 0.6 is 0 Å². The first-order valence-electron chi connectivity index (χ1n) is 11.0. The molecule has 0 aliphatic heterocycles. The highest BCUT2D eigenvalue weighted by Crippen LogP contribution is 2.38. The van der Waals surface area contributed by atoms with Crippen LogP contribution in [0.2, 0.25) is 0 Å². The fraction of sp³-hybridized carbons (Fsp3) is 0.586. The molecule has 0 nitrogen and oxygen atoms in total. The molecule has 2 aromatic carbocycles. The molecule has 4 rings (SSSR count). The summed E-state index contributed by atoms with van der Waals surface area (Å²) in [5.41, 5.74) is 4.52. The summed E-state index contributed by atoms with van der Waals surface area (Å²) in [4.78, 5) is 0. The van der Waals surface area contributed by atoms with Crippen LogP contribution in [-0.4, -0.2) is 0 Å². The number of benzene rings is 2. The van der Waals surface area contributed by atoms with E-state index in [2.05, 4.69) is 44.2 Å². The smallest absolute Gasteiger partial charge is 0.127 e. The maximum Gasteiger partial charge on any atom is 0.127 e. The molecule has 0 N–H and O–H groups in total. The van der Waals surface area contributed by atoms with Crippen molar-refractivity contribution in [3.63, 3.8) is 0 Å². The topological polar surface area (TPSA) is 0 Å². The van der Waals surface area contributed by atoms with Gasteiger partial charge in [0, 0.05) is 2.85 Å². The molecule has 0 unspecified atom stereocenters. The SMILES string of the molecule is C.C.C.CC1CCC(c2ccc(-c3ccc(C4CCC(C)CC4)c(F)c3)cc2)CC1.[HH].[HH]. The normalized spacial score (nSPS) is 26.0. The summed E-state index contributed by atoms with van der Waals surface area (Å²) >= 11 is 0. The third-order valence-corrected chi connectivity index (χ3v) is 7.19. The van der Waals surface area contributed by atoms with Crippen LogP contribution < -0.4 is 0 Å². The highest BCUT2D eigenvalue weighted by atomic mass is 19.1. The molecule has 1 heteroatoms. The molecule has 0 heterocycles. The molecule has 0 bridgehead atoms. The Balaban J connectivity index is 0. The molecule has 2 saturated carbocycles. The largest absolute Gasteiger partial charge is 0.207 e. The van der Waals surface area contributed by atoms with Crippen LogP contribution in [0.3, 0.4) is 0 Å². The van der Waals surface area contributed by atoms with Crippen molar-refractivity contribution in [2.75, 3.05) is 0 Å². The fourth-order valence-electron chi connectivity index (χ4n) is 5.15. The molecule has 0 radical (unpaired) electrons. The van der Waals surface area contributed by atoms with E-state index in [0.717, 1.165) is 41.4 Å². The quantitative estimate of drug-likeness (QED) is 0.466. The standard InChI is InChI=1S/C26H33F.3CH4.2H2/c1-18-3-7-20(8-4-18)21-11-13-22(14-12-21)24-15-16-25(26(27)17-24)23-9-5-19(2)6-10-23;;;;;/h11-20,23H,3-10H2,1-2H3;3*1H4;2*1H. The zero-order chi connectivity index (χ0) is 18.8. The Morgan fingerprint density at radius 1 is 0.633 bits per heavy atom. The molecule has 172 valence electrons. The molecule has 0 amide bonds. The van der Waals surface area contributed by atoms with Crippen LogP contribution in [0.15, 0.2) is 42.5 Å². The summed E-state index contributed by atoms with van der Waals surface area (Å²) in [6.07, 6.45) is 10.0. The van der Waals surface area contributed by atoms with E-state index in [9.17, 15) is 4.39 Å². The van der Waals surface area contributed by atoms with Gasteiger partial charge in [-0.3, -0.25) is 0 Å². The molecule has 0 aromatic heterocycles. The van der Waals surface area contributed by atoms with Crippen molar-refractivity contribution in [3.8, 4) is 11.1 Å². The van der Waals surface area contributed by atoms with Crippen LogP contribution in [0.4, 0.5) is 4.39 Å². The zero-order valence-electron chi connectivity index (χ0n) is 16.9. The zero-order valence-corrected chi connectivity index (χ0v) is 16.9. The third kappa shape index (κ3) is 5.96. The number of halogens is 1. The lowest BCUT2D eigenvalue weighted by Crippen LogP contribution is -2.12. The van der Waals surface area contributed by atoms with E-state index in [-0.39, 0.29) is 31.0 Å². The summed E-state index contributed by atoms with van der Waals surface area (Å²) < 4.78 is 14.8. The van der Waals surface area contributed by atoms with E-state index in [4.69, 9.17) is 0 Å². The van der Waals surface area contributed by atoms with Crippen LogP contribution in [-0.2, 0) is 0 Å². The summed E-state index contributed by atoms with van der Waals surface area (Å²) in [7, 11) is 0. The lowest BCUT2D eigenvalue weighted by molar-refractivity contribution is 0.342. The average molecular weight is 417 g/mol. The van der Waals surface area contributed by atoms with Gasteiger partial charge in [0.2, 0.25) is 0 Å². The van der Waals surface area contributed by atoms with Gasteiger partial charge in [-0.05, 0) is 77.7 Å². The van der Waals surface area contributed by atoms with Crippen molar-refractivity contribution in [1.29, 1.82) is 0 Å². The van der Waals surface area contributed by atoms with Gasteiger partial charge in [-0.25, -0.2) is 4.39 Å². The van der Waals surface area contributed by atoms with Crippen LogP contribution in [0, 0.1) is 17.7 Å². The molecule has 0 spiro atoms. The van der Waals surface area contributed by atoms with Crippen molar-refractivity contribution in [2.24, 2.45) is 11.8 Å². The number of hydrogen-bond donors (Lipinski definition) is 0. The monoisotopic (exact) mass is 416 g/mol. The minimum absolute atomic E-state index is 0. The molecular weight excluding hydrogens is 367 g/mol. The minimum atomic E-state index is -0.0163. The third-order valence-electron chi connectivity index (χ3n) is 7.19. The summed E-state index contributed by atoms with van der Waals surface area (Å²) in [5, 5.41) is 0. The first-order chi connectivity index (χ1) is 13.1. The van der Waals surface area contributed by atoms with Crippen LogP contribution in [0.1, 0.15) is 113 Å². The second-order valence-electron chi connectivity index (χ2n) is 9.27. The first-order valence-corrected chi connectivity index (χ1v) is 11.0. The Kier molecular flexibility index (Phi) is 10.3. The Labute approximate surface area is 189 Å². The summed E-state index contributed by atoms with van der Waals surface area (Å²) in [6.45, 7) is 4.68. The van der Waals surface area contributed by atoms with E-state index < -0.39 is 0 Å². The second kappa shape index (κ2) is 11.7. The Bertz CT molecular complexity index is 755. The lowest BCUT2D eigenvalue weighted by atomic mass is 9.78. The average Bonchev–Trinajstić information content (AvgIpc) is 2.69. The van der Waals surface area contributed by atoms with E-state index >= 15 is 0 Å².